The number of nitrogens with one attached hydrogen (secondary N) is 2. The van der Waals surface area contributed by atoms with Crippen LogP contribution in [0.2, 0.25) is 0 Å². The first-order chi connectivity index (χ1) is 16.5. The maximum absolute atomic E-state index is 12.6. The Balaban J connectivity index is 1.94. The van der Waals surface area contributed by atoms with Gasteiger partial charge in [0.25, 0.3) is 14.1 Å². The Hall–Kier alpha value is -1.95. The van der Waals surface area contributed by atoms with Gasteiger partial charge in [-0.3, -0.25) is 24.5 Å². The maximum atomic E-state index is 12.6. The van der Waals surface area contributed by atoms with Gasteiger partial charge in [0.05, 0.1) is 12.4 Å². The van der Waals surface area contributed by atoms with Crippen LogP contribution in [0.1, 0.15) is 54.7 Å². The van der Waals surface area contributed by atoms with E-state index in [0.29, 0.717) is 0 Å². The van der Waals surface area contributed by atoms with Crippen molar-refractivity contribution < 1.29 is 23.3 Å². The highest BCUT2D eigenvalue weighted by Crippen LogP contribution is 2.49. The van der Waals surface area contributed by atoms with E-state index < -0.39 is 32.5 Å². The molecule has 3 unspecified atom stereocenters. The highest BCUT2D eigenvalue weighted by Gasteiger charge is 2.47. The molecule has 2 aromatic rings. The number of carbonyl (C=O) groups excluding carboxylic acids is 1. The number of imidazole rings is 1. The number of aromatic amines is 1. The van der Waals surface area contributed by atoms with Crippen molar-refractivity contribution in [3.05, 3.63) is 16.7 Å². The number of hydrogen-bond acceptors (Lipinski definition) is 9. The zero-order chi connectivity index (χ0) is 26.0. The summed E-state index contributed by atoms with van der Waals surface area (Å²) >= 11 is 0. The monoisotopic (exact) mass is 512 g/mol. The average Bonchev–Trinajstić information content (AvgIpc) is 3.33. The first-order valence-electron chi connectivity index (χ1n) is 11.7. The molecule has 0 radical (unpaired) electrons. The highest BCUT2D eigenvalue weighted by molar-refractivity contribution is 7.44. The summed E-state index contributed by atoms with van der Waals surface area (Å²) in [5, 5.41) is 2.63. The van der Waals surface area contributed by atoms with Crippen LogP contribution in [0.5, 0.6) is 0 Å². The molecule has 2 aromatic heterocycles. The number of carbonyl (C=O) groups is 1. The lowest BCUT2D eigenvalue weighted by molar-refractivity contribution is -0.118. The molecule has 12 nitrogen and oxygen atoms in total. The molecule has 3 rings (SSSR count). The summed E-state index contributed by atoms with van der Waals surface area (Å²) in [4.78, 5) is 36.0. The second kappa shape index (κ2) is 11.4. The van der Waals surface area contributed by atoms with Crippen LogP contribution in [0.25, 0.3) is 11.2 Å². The van der Waals surface area contributed by atoms with Gasteiger partial charge in [-0.05, 0) is 34.6 Å². The Morgan fingerprint density at radius 1 is 1.20 bits per heavy atom. The van der Waals surface area contributed by atoms with Gasteiger partial charge >= 0.3 is 0 Å². The van der Waals surface area contributed by atoms with Gasteiger partial charge in [-0.1, -0.05) is 13.8 Å². The third-order valence-corrected chi connectivity index (χ3v) is 7.82. The summed E-state index contributed by atoms with van der Waals surface area (Å²) in [6.07, 6.45) is -0.492. The Morgan fingerprint density at radius 2 is 1.86 bits per heavy atom. The fourth-order valence-electron chi connectivity index (χ4n) is 4.13. The van der Waals surface area contributed by atoms with Gasteiger partial charge in [0.15, 0.2) is 17.4 Å². The molecule has 3 heterocycles. The summed E-state index contributed by atoms with van der Waals surface area (Å²) in [7, 11) is 1.84. The zero-order valence-corrected chi connectivity index (χ0v) is 22.7. The molecule has 35 heavy (non-hydrogen) atoms. The van der Waals surface area contributed by atoms with E-state index in [1.807, 2.05) is 6.92 Å². The third-order valence-electron chi connectivity index (χ3n) is 5.78. The fraction of sp³-hybridized carbons (Fsp3) is 0.727. The minimum absolute atomic E-state index is 0.0446. The predicted molar refractivity (Wildman–Crippen MR) is 133 cm³/mol. The number of hydrogen-bond donors (Lipinski definition) is 2. The van der Waals surface area contributed by atoms with Crippen molar-refractivity contribution >= 4 is 31.5 Å². The van der Waals surface area contributed by atoms with Gasteiger partial charge in [-0.15, -0.1) is 0 Å². The van der Waals surface area contributed by atoms with Crippen LogP contribution in [0.4, 0.5) is 5.95 Å². The zero-order valence-electron chi connectivity index (χ0n) is 21.8. The lowest BCUT2D eigenvalue weighted by Crippen LogP contribution is -2.38. The molecule has 0 aromatic carbocycles. The van der Waals surface area contributed by atoms with Crippen LogP contribution < -0.4 is 10.9 Å². The molecule has 0 saturated carbocycles. The lowest BCUT2D eigenvalue weighted by Gasteiger charge is -2.37. The van der Waals surface area contributed by atoms with E-state index in [2.05, 4.69) is 52.6 Å². The van der Waals surface area contributed by atoms with E-state index in [0.717, 1.165) is 0 Å². The largest absolute Gasteiger partial charge is 0.374 e. The Kier molecular flexibility index (Phi) is 9.01. The van der Waals surface area contributed by atoms with Crippen molar-refractivity contribution in [2.24, 2.45) is 5.92 Å². The molecule has 13 heteroatoms. The van der Waals surface area contributed by atoms with Crippen LogP contribution >= 0.6 is 8.53 Å². The number of ether oxygens (including phenoxy) is 2. The maximum Gasteiger partial charge on any atom is 0.280 e. The topological polar surface area (TPSA) is 133 Å². The van der Waals surface area contributed by atoms with E-state index in [1.54, 1.807) is 32.6 Å². The molecule has 0 bridgehead atoms. The number of methoxy groups -OCH3 is 1. The van der Waals surface area contributed by atoms with Crippen molar-refractivity contribution in [1.82, 2.24) is 24.2 Å². The summed E-state index contributed by atoms with van der Waals surface area (Å²) in [6, 6.07) is 0.423. The number of amides is 1. The predicted octanol–water partition coefficient (Wildman–Crippen LogP) is 3.02. The average molecular weight is 513 g/mol. The molecule has 196 valence electrons. The fourth-order valence-corrected chi connectivity index (χ4v) is 5.76. The molecular weight excluding hydrogens is 475 g/mol. The van der Waals surface area contributed by atoms with Crippen LogP contribution in [0.3, 0.4) is 0 Å². The minimum Gasteiger partial charge on any atom is -0.374 e. The summed E-state index contributed by atoms with van der Waals surface area (Å²) in [5.41, 5.74) is -0.0614. The van der Waals surface area contributed by atoms with Crippen molar-refractivity contribution in [2.45, 2.75) is 85.1 Å². The van der Waals surface area contributed by atoms with Crippen LogP contribution in [0, 0.1) is 5.92 Å². The molecule has 2 N–H and O–H groups in total. The van der Waals surface area contributed by atoms with Crippen LogP contribution in [-0.4, -0.2) is 74.7 Å². The molecular formula is C22H37N6O6P. The number of anilines is 1. The van der Waals surface area contributed by atoms with Crippen LogP contribution in [0.15, 0.2) is 11.1 Å². The molecule has 1 aliphatic heterocycles. The van der Waals surface area contributed by atoms with E-state index in [-0.39, 0.29) is 47.1 Å². The van der Waals surface area contributed by atoms with Gasteiger partial charge in [-0.2, -0.15) is 4.98 Å². The lowest BCUT2D eigenvalue weighted by atomic mass is 10.1. The summed E-state index contributed by atoms with van der Waals surface area (Å²) < 4.78 is 28.1. The molecule has 0 aliphatic carbocycles. The quantitative estimate of drug-likeness (QED) is 0.461. The van der Waals surface area contributed by atoms with E-state index in [4.69, 9.17) is 18.5 Å². The van der Waals surface area contributed by atoms with Crippen molar-refractivity contribution in [3.63, 3.8) is 0 Å². The van der Waals surface area contributed by atoms with E-state index in [9.17, 15) is 9.59 Å². The molecule has 1 fully saturated rings. The van der Waals surface area contributed by atoms with Gasteiger partial charge in [0, 0.05) is 32.2 Å². The van der Waals surface area contributed by atoms with Crippen LogP contribution in [-0.2, 0) is 23.3 Å². The number of fused-ring (bicyclic) bond motifs is 1. The first-order valence-corrected chi connectivity index (χ1v) is 12.9. The highest BCUT2D eigenvalue weighted by atomic mass is 31.2. The second-order valence-electron chi connectivity index (χ2n) is 9.37. The number of H-pyrrole nitrogens is 1. The SMILES string of the molecule is COC1C(OP(OC)N(C(C)C)C(C)C)[C@@H](C)O[C@H]1n1cnc2c(=O)[nH]c(NC(=O)C(C)C)nc21. The Labute approximate surface area is 206 Å². The smallest absolute Gasteiger partial charge is 0.280 e. The summed E-state index contributed by atoms with van der Waals surface area (Å²) in [5.74, 6) is -0.494. The van der Waals surface area contributed by atoms with E-state index in [1.165, 1.54) is 6.33 Å². The summed E-state index contributed by atoms with van der Waals surface area (Å²) in [6.45, 7) is 13.8. The van der Waals surface area contributed by atoms with E-state index >= 15 is 0 Å². The van der Waals surface area contributed by atoms with Gasteiger partial charge < -0.3 is 18.5 Å². The second-order valence-corrected chi connectivity index (χ2v) is 10.9. The normalized spacial score (nSPS) is 23.8. The molecule has 5 atom stereocenters. The standard InChI is InChI=1S/C22H37N6O6P/c1-11(2)19(29)25-22-24-18-15(20(30)26-22)23-10-27(18)21-17(31-8)16(14(7)33-21)34-35(32-9)28(12(3)4)13(5)6/h10-14,16-17,21H,1-9H3,(H2,24,25,26,29,30)/t14-,16?,17?,21-,35?/m1/s1. The van der Waals surface area contributed by atoms with Gasteiger partial charge in [0.1, 0.15) is 12.2 Å². The number of aromatic nitrogens is 4. The molecule has 1 amide bonds. The third kappa shape index (κ3) is 5.73. The van der Waals surface area contributed by atoms with Crippen molar-refractivity contribution in [1.29, 1.82) is 0 Å². The van der Waals surface area contributed by atoms with Gasteiger partial charge in [-0.25, -0.2) is 9.65 Å². The first kappa shape index (κ1) is 27.6. The number of rotatable bonds is 10. The Morgan fingerprint density at radius 3 is 2.40 bits per heavy atom. The van der Waals surface area contributed by atoms with Crippen molar-refractivity contribution in [2.75, 3.05) is 19.5 Å². The minimum atomic E-state index is -1.38. The molecule has 0 spiro atoms. The molecule has 1 saturated heterocycles. The number of nitrogens with zero attached hydrogens (tertiary/aromatic N) is 4. The Bertz CT molecular complexity index is 1060. The molecule has 1 aliphatic rings. The van der Waals surface area contributed by atoms with Gasteiger partial charge in [0.2, 0.25) is 11.9 Å². The van der Waals surface area contributed by atoms with Crippen molar-refractivity contribution in [3.8, 4) is 0 Å².